The number of nitrogens with two attached hydrogens (primary N) is 1. The van der Waals surface area contributed by atoms with Crippen LogP contribution in [0.5, 0.6) is 0 Å². The van der Waals surface area contributed by atoms with Crippen LogP contribution in [0.2, 0.25) is 0 Å². The van der Waals surface area contributed by atoms with Gasteiger partial charge in [0.25, 0.3) is 0 Å². The average Bonchev–Trinajstić information content (AvgIpc) is 2.23. The molecule has 0 radical (unpaired) electrons. The Balaban J connectivity index is 0.00000144. The lowest BCUT2D eigenvalue weighted by atomic mass is 9.82. The zero-order chi connectivity index (χ0) is 11.5. The number of carbonyl (C=O) groups excluding carboxylic acids is 1. The molecule has 0 spiro atoms. The Hall–Kier alpha value is -0.280. The van der Waals surface area contributed by atoms with E-state index in [1.54, 1.807) is 0 Å². The van der Waals surface area contributed by atoms with Gasteiger partial charge in [0, 0.05) is 25.6 Å². The minimum atomic E-state index is 0. The maximum absolute atomic E-state index is 12.1. The summed E-state index contributed by atoms with van der Waals surface area (Å²) in [6.07, 6.45) is 6.94. The molecule has 17 heavy (non-hydrogen) atoms. The largest absolute Gasteiger partial charge is 0.342 e. The maximum atomic E-state index is 12.1. The molecule has 1 amide bonds. The van der Waals surface area contributed by atoms with Crippen LogP contribution in [0.25, 0.3) is 0 Å². The summed E-state index contributed by atoms with van der Waals surface area (Å²) in [5, 5.41) is 0. The normalized spacial score (nSPS) is 26.9. The van der Waals surface area contributed by atoms with E-state index in [-0.39, 0.29) is 18.4 Å². The zero-order valence-corrected chi connectivity index (χ0v) is 11.5. The molecule has 1 heterocycles. The molecule has 1 aliphatic heterocycles. The maximum Gasteiger partial charge on any atom is 0.222 e. The number of piperidine rings is 1. The van der Waals surface area contributed by atoms with Crippen LogP contribution in [0.1, 0.15) is 45.4 Å². The van der Waals surface area contributed by atoms with Gasteiger partial charge in [-0.25, -0.2) is 0 Å². The van der Waals surface area contributed by atoms with E-state index in [1.807, 2.05) is 0 Å². The zero-order valence-electron chi connectivity index (χ0n) is 10.7. The number of carbonyl (C=O) groups is 1. The van der Waals surface area contributed by atoms with Crippen molar-refractivity contribution in [2.45, 2.75) is 51.5 Å². The van der Waals surface area contributed by atoms with E-state index >= 15 is 0 Å². The number of likely N-dealkylation sites (tertiary alicyclic amines) is 1. The van der Waals surface area contributed by atoms with Crippen LogP contribution < -0.4 is 5.73 Å². The van der Waals surface area contributed by atoms with Crippen LogP contribution in [0.3, 0.4) is 0 Å². The van der Waals surface area contributed by atoms with Crippen LogP contribution in [0.15, 0.2) is 0 Å². The van der Waals surface area contributed by atoms with Crippen molar-refractivity contribution in [2.75, 3.05) is 13.1 Å². The highest BCUT2D eigenvalue weighted by Crippen LogP contribution is 2.30. The van der Waals surface area contributed by atoms with Gasteiger partial charge in [-0.3, -0.25) is 4.79 Å². The number of halogens is 1. The van der Waals surface area contributed by atoms with Gasteiger partial charge in [-0.05, 0) is 44.4 Å². The van der Waals surface area contributed by atoms with Gasteiger partial charge in [0.05, 0.1) is 0 Å². The fraction of sp³-hybridized carbons (Fsp3) is 0.923. The molecule has 0 bridgehead atoms. The molecule has 1 aliphatic carbocycles. The molecule has 2 aliphatic rings. The van der Waals surface area contributed by atoms with E-state index in [1.165, 1.54) is 25.7 Å². The molecule has 2 rings (SSSR count). The Kier molecular flexibility index (Phi) is 5.74. The summed E-state index contributed by atoms with van der Waals surface area (Å²) in [6.45, 7) is 3.91. The highest BCUT2D eigenvalue weighted by molar-refractivity contribution is 5.85. The first-order chi connectivity index (χ1) is 7.66. The molecule has 1 saturated carbocycles. The third-order valence-corrected chi connectivity index (χ3v) is 4.24. The van der Waals surface area contributed by atoms with E-state index < -0.39 is 0 Å². The summed E-state index contributed by atoms with van der Waals surface area (Å²) in [4.78, 5) is 14.1. The molecule has 0 aromatic rings. The Morgan fingerprint density at radius 1 is 1.35 bits per heavy atom. The van der Waals surface area contributed by atoms with Gasteiger partial charge >= 0.3 is 0 Å². The second kappa shape index (κ2) is 6.60. The summed E-state index contributed by atoms with van der Waals surface area (Å²) in [5.74, 6) is 1.57. The third kappa shape index (κ3) is 3.85. The molecule has 2 N–H and O–H groups in total. The first-order valence-corrected chi connectivity index (χ1v) is 6.70. The Morgan fingerprint density at radius 3 is 2.59 bits per heavy atom. The minimum absolute atomic E-state index is 0. The molecule has 3 nitrogen and oxygen atoms in total. The highest BCUT2D eigenvalue weighted by Gasteiger charge is 2.28. The lowest BCUT2D eigenvalue weighted by Gasteiger charge is -2.36. The van der Waals surface area contributed by atoms with Crippen molar-refractivity contribution in [2.24, 2.45) is 17.6 Å². The Bertz CT molecular complexity index is 254. The van der Waals surface area contributed by atoms with Gasteiger partial charge in [-0.15, -0.1) is 12.4 Å². The topological polar surface area (TPSA) is 46.3 Å². The van der Waals surface area contributed by atoms with Crippen LogP contribution >= 0.6 is 12.4 Å². The van der Waals surface area contributed by atoms with E-state index in [9.17, 15) is 4.79 Å². The van der Waals surface area contributed by atoms with E-state index in [0.717, 1.165) is 25.9 Å². The van der Waals surface area contributed by atoms with E-state index in [4.69, 9.17) is 5.73 Å². The number of hydrogen-bond donors (Lipinski definition) is 1. The molecule has 100 valence electrons. The van der Waals surface area contributed by atoms with Crippen LogP contribution in [-0.4, -0.2) is 29.9 Å². The quantitative estimate of drug-likeness (QED) is 0.846. The average molecular weight is 261 g/mol. The first-order valence-electron chi connectivity index (χ1n) is 6.70. The van der Waals surface area contributed by atoms with Crippen LogP contribution in [-0.2, 0) is 4.79 Å². The third-order valence-electron chi connectivity index (χ3n) is 4.24. The lowest BCUT2D eigenvalue weighted by Crippen LogP contribution is -2.45. The van der Waals surface area contributed by atoms with Gasteiger partial charge in [0.1, 0.15) is 0 Å². The van der Waals surface area contributed by atoms with Crippen molar-refractivity contribution in [3.8, 4) is 0 Å². The van der Waals surface area contributed by atoms with Crippen molar-refractivity contribution in [1.82, 2.24) is 4.90 Å². The van der Waals surface area contributed by atoms with Crippen molar-refractivity contribution in [3.05, 3.63) is 0 Å². The molecule has 2 fully saturated rings. The minimum Gasteiger partial charge on any atom is -0.342 e. The van der Waals surface area contributed by atoms with E-state index in [0.29, 0.717) is 17.7 Å². The number of amides is 1. The number of rotatable bonds is 3. The van der Waals surface area contributed by atoms with E-state index in [2.05, 4.69) is 11.8 Å². The monoisotopic (exact) mass is 260 g/mol. The van der Waals surface area contributed by atoms with Gasteiger partial charge in [0.15, 0.2) is 0 Å². The predicted molar refractivity (Wildman–Crippen MR) is 72.2 cm³/mol. The Labute approximate surface area is 111 Å². The van der Waals surface area contributed by atoms with Crippen molar-refractivity contribution < 1.29 is 4.79 Å². The summed E-state index contributed by atoms with van der Waals surface area (Å²) < 4.78 is 0. The second-order valence-electron chi connectivity index (χ2n) is 5.60. The molecule has 2 unspecified atom stereocenters. The van der Waals surface area contributed by atoms with Gasteiger partial charge < -0.3 is 10.6 Å². The lowest BCUT2D eigenvalue weighted by molar-refractivity contribution is -0.134. The van der Waals surface area contributed by atoms with Gasteiger partial charge in [-0.2, -0.15) is 0 Å². The van der Waals surface area contributed by atoms with Crippen molar-refractivity contribution in [1.29, 1.82) is 0 Å². The summed E-state index contributed by atoms with van der Waals surface area (Å²) in [7, 11) is 0. The smallest absolute Gasteiger partial charge is 0.222 e. The summed E-state index contributed by atoms with van der Waals surface area (Å²) >= 11 is 0. The molecule has 0 aromatic heterocycles. The fourth-order valence-electron chi connectivity index (χ4n) is 2.74. The second-order valence-corrected chi connectivity index (χ2v) is 5.60. The molecular weight excluding hydrogens is 236 g/mol. The van der Waals surface area contributed by atoms with Crippen LogP contribution in [0, 0.1) is 11.8 Å². The summed E-state index contributed by atoms with van der Waals surface area (Å²) in [6, 6.07) is 0.222. The molecule has 4 heteroatoms. The highest BCUT2D eigenvalue weighted by atomic mass is 35.5. The van der Waals surface area contributed by atoms with Crippen molar-refractivity contribution >= 4 is 18.3 Å². The number of nitrogens with zero attached hydrogens (tertiary/aromatic N) is 1. The fourth-order valence-corrected chi connectivity index (χ4v) is 2.74. The first kappa shape index (κ1) is 14.8. The number of hydrogen-bond acceptors (Lipinski definition) is 2. The van der Waals surface area contributed by atoms with Crippen molar-refractivity contribution in [3.63, 3.8) is 0 Å². The Morgan fingerprint density at radius 2 is 2.06 bits per heavy atom. The predicted octanol–water partition coefficient (Wildman–Crippen LogP) is 2.18. The van der Waals surface area contributed by atoms with Gasteiger partial charge in [-0.1, -0.05) is 6.42 Å². The molecule has 0 aromatic carbocycles. The molecule has 2 atom stereocenters. The standard InChI is InChI=1S/C13H24N2O.ClH/c1-10(14)12-6-3-7-15(9-12)13(16)8-11-4-2-5-11;/h10-12H,2-9,14H2,1H3;1H. The molecular formula is C13H25ClN2O. The molecule has 1 saturated heterocycles. The SMILES string of the molecule is CC(N)C1CCCN(C(=O)CC2CCC2)C1.Cl. The summed E-state index contributed by atoms with van der Waals surface area (Å²) in [5.41, 5.74) is 5.93. The van der Waals surface area contributed by atoms with Gasteiger partial charge in [0.2, 0.25) is 5.91 Å². The van der Waals surface area contributed by atoms with Crippen LogP contribution in [0.4, 0.5) is 0 Å².